The largest absolute Gasteiger partial charge is 0.508 e. The van der Waals surface area contributed by atoms with Gasteiger partial charge in [0.1, 0.15) is 12.1 Å². The van der Waals surface area contributed by atoms with Gasteiger partial charge in [0.05, 0.1) is 0 Å². The van der Waals surface area contributed by atoms with Gasteiger partial charge >= 0.3 is 0 Å². The third-order valence-electron chi connectivity index (χ3n) is 1.54. The SMILES string of the molecule is Cc1cc(O)cc2ncnn12. The van der Waals surface area contributed by atoms with Crippen LogP contribution in [-0.4, -0.2) is 19.7 Å². The normalized spacial score (nSPS) is 10.6. The summed E-state index contributed by atoms with van der Waals surface area (Å²) in [4.78, 5) is 3.93. The molecule has 11 heavy (non-hydrogen) atoms. The third-order valence-corrected chi connectivity index (χ3v) is 1.54. The van der Waals surface area contributed by atoms with Crippen molar-refractivity contribution in [1.29, 1.82) is 0 Å². The molecule has 0 saturated heterocycles. The van der Waals surface area contributed by atoms with E-state index in [2.05, 4.69) is 10.1 Å². The Kier molecular flexibility index (Phi) is 1.09. The number of fused-ring (bicyclic) bond motifs is 1. The molecular formula is C7H7N3O. The summed E-state index contributed by atoms with van der Waals surface area (Å²) >= 11 is 0. The molecule has 0 saturated carbocycles. The number of nitrogens with zero attached hydrogens (tertiary/aromatic N) is 3. The Balaban J connectivity index is 2.91. The van der Waals surface area contributed by atoms with Gasteiger partial charge < -0.3 is 5.11 Å². The first kappa shape index (κ1) is 6.15. The molecule has 2 aromatic heterocycles. The van der Waals surface area contributed by atoms with Crippen molar-refractivity contribution < 1.29 is 5.11 Å². The smallest absolute Gasteiger partial charge is 0.159 e. The predicted molar refractivity (Wildman–Crippen MR) is 39.4 cm³/mol. The molecule has 0 spiro atoms. The number of aryl methyl sites for hydroxylation is 1. The van der Waals surface area contributed by atoms with E-state index >= 15 is 0 Å². The second-order valence-electron chi connectivity index (χ2n) is 2.38. The minimum Gasteiger partial charge on any atom is -0.508 e. The van der Waals surface area contributed by atoms with Crippen molar-refractivity contribution in [3.8, 4) is 5.75 Å². The zero-order chi connectivity index (χ0) is 7.84. The molecule has 0 radical (unpaired) electrons. The molecule has 0 amide bonds. The molecule has 2 aromatic rings. The average molecular weight is 149 g/mol. The van der Waals surface area contributed by atoms with E-state index in [4.69, 9.17) is 5.11 Å². The van der Waals surface area contributed by atoms with Crippen LogP contribution in [0, 0.1) is 6.92 Å². The van der Waals surface area contributed by atoms with Crippen LogP contribution in [0.5, 0.6) is 5.75 Å². The highest BCUT2D eigenvalue weighted by molar-refractivity contribution is 5.44. The van der Waals surface area contributed by atoms with Gasteiger partial charge in [0.15, 0.2) is 5.65 Å². The lowest BCUT2D eigenvalue weighted by atomic mass is 10.3. The lowest BCUT2D eigenvalue weighted by Gasteiger charge is -1.97. The van der Waals surface area contributed by atoms with Crippen molar-refractivity contribution in [1.82, 2.24) is 14.6 Å². The fraction of sp³-hybridized carbons (Fsp3) is 0.143. The van der Waals surface area contributed by atoms with Gasteiger partial charge in [-0.3, -0.25) is 0 Å². The highest BCUT2D eigenvalue weighted by atomic mass is 16.3. The number of aromatic nitrogens is 3. The van der Waals surface area contributed by atoms with E-state index < -0.39 is 0 Å². The van der Waals surface area contributed by atoms with E-state index in [1.807, 2.05) is 6.92 Å². The summed E-state index contributed by atoms with van der Waals surface area (Å²) in [5, 5.41) is 13.1. The molecule has 4 heteroatoms. The van der Waals surface area contributed by atoms with Gasteiger partial charge in [0.25, 0.3) is 0 Å². The second kappa shape index (κ2) is 1.95. The summed E-state index contributed by atoms with van der Waals surface area (Å²) in [6, 6.07) is 3.21. The van der Waals surface area contributed by atoms with Gasteiger partial charge in [-0.05, 0) is 6.92 Å². The molecule has 0 aliphatic rings. The molecule has 4 nitrogen and oxygen atoms in total. The van der Waals surface area contributed by atoms with Crippen LogP contribution < -0.4 is 0 Å². The minimum absolute atomic E-state index is 0.225. The Labute approximate surface area is 63.1 Å². The van der Waals surface area contributed by atoms with Crippen molar-refractivity contribution in [3.63, 3.8) is 0 Å². The van der Waals surface area contributed by atoms with Crippen molar-refractivity contribution in [2.24, 2.45) is 0 Å². The Hall–Kier alpha value is -1.58. The molecule has 56 valence electrons. The summed E-state index contributed by atoms with van der Waals surface area (Å²) in [6.45, 7) is 1.86. The molecule has 2 rings (SSSR count). The molecule has 0 bridgehead atoms. The third kappa shape index (κ3) is 0.832. The van der Waals surface area contributed by atoms with Crippen molar-refractivity contribution in [2.45, 2.75) is 6.92 Å². The van der Waals surface area contributed by atoms with Gasteiger partial charge in [-0.25, -0.2) is 9.50 Å². The first-order valence-electron chi connectivity index (χ1n) is 3.27. The second-order valence-corrected chi connectivity index (χ2v) is 2.38. The fourth-order valence-electron chi connectivity index (χ4n) is 1.07. The number of rotatable bonds is 0. The van der Waals surface area contributed by atoms with Crippen LogP contribution >= 0.6 is 0 Å². The predicted octanol–water partition coefficient (Wildman–Crippen LogP) is 0.743. The van der Waals surface area contributed by atoms with E-state index in [1.54, 1.807) is 16.6 Å². The molecular weight excluding hydrogens is 142 g/mol. The van der Waals surface area contributed by atoms with Crippen LogP contribution in [0.4, 0.5) is 0 Å². The van der Waals surface area contributed by atoms with Gasteiger partial charge in [0, 0.05) is 17.8 Å². The van der Waals surface area contributed by atoms with Gasteiger partial charge in [-0.2, -0.15) is 5.10 Å². The van der Waals surface area contributed by atoms with Crippen molar-refractivity contribution in [3.05, 3.63) is 24.2 Å². The lowest BCUT2D eigenvalue weighted by Crippen LogP contribution is -1.91. The van der Waals surface area contributed by atoms with Crippen molar-refractivity contribution >= 4 is 5.65 Å². The highest BCUT2D eigenvalue weighted by Gasteiger charge is 1.99. The Morgan fingerprint density at radius 2 is 2.27 bits per heavy atom. The summed E-state index contributed by atoms with van der Waals surface area (Å²) in [5.74, 6) is 0.225. The highest BCUT2D eigenvalue weighted by Crippen LogP contribution is 2.12. The molecule has 0 fully saturated rings. The number of aromatic hydroxyl groups is 1. The Morgan fingerprint density at radius 1 is 1.45 bits per heavy atom. The first-order valence-corrected chi connectivity index (χ1v) is 3.27. The van der Waals surface area contributed by atoms with Gasteiger partial charge in [-0.15, -0.1) is 0 Å². The number of pyridine rings is 1. The van der Waals surface area contributed by atoms with Gasteiger partial charge in [0.2, 0.25) is 0 Å². The summed E-state index contributed by atoms with van der Waals surface area (Å²) in [6.07, 6.45) is 1.46. The zero-order valence-electron chi connectivity index (χ0n) is 6.02. The summed E-state index contributed by atoms with van der Waals surface area (Å²) in [7, 11) is 0. The molecule has 0 unspecified atom stereocenters. The number of hydrogen-bond acceptors (Lipinski definition) is 3. The first-order chi connectivity index (χ1) is 5.27. The zero-order valence-corrected chi connectivity index (χ0v) is 6.02. The van der Waals surface area contributed by atoms with Crippen LogP contribution in [0.1, 0.15) is 5.69 Å². The van der Waals surface area contributed by atoms with Gasteiger partial charge in [-0.1, -0.05) is 0 Å². The Bertz CT molecular complexity index is 393. The van der Waals surface area contributed by atoms with Crippen molar-refractivity contribution in [2.75, 3.05) is 0 Å². The molecule has 0 aromatic carbocycles. The topological polar surface area (TPSA) is 50.4 Å². The fourth-order valence-corrected chi connectivity index (χ4v) is 1.07. The molecule has 2 heterocycles. The Morgan fingerprint density at radius 3 is 3.09 bits per heavy atom. The standard InChI is InChI=1S/C7H7N3O/c1-5-2-6(11)3-7-8-4-9-10(5)7/h2-4,11H,1H3. The van der Waals surface area contributed by atoms with Crippen LogP contribution in [-0.2, 0) is 0 Å². The van der Waals surface area contributed by atoms with Crippen LogP contribution in [0.2, 0.25) is 0 Å². The van der Waals surface area contributed by atoms with E-state index in [0.717, 1.165) is 5.69 Å². The summed E-state index contributed by atoms with van der Waals surface area (Å²) in [5.41, 5.74) is 1.54. The maximum absolute atomic E-state index is 9.15. The van der Waals surface area contributed by atoms with Crippen LogP contribution in [0.15, 0.2) is 18.5 Å². The lowest BCUT2D eigenvalue weighted by molar-refractivity contribution is 0.474. The summed E-state index contributed by atoms with van der Waals surface area (Å²) < 4.78 is 1.67. The molecule has 1 N–H and O–H groups in total. The monoisotopic (exact) mass is 149 g/mol. The van der Waals surface area contributed by atoms with E-state index in [9.17, 15) is 0 Å². The molecule has 0 atom stereocenters. The molecule has 0 aliphatic heterocycles. The maximum atomic E-state index is 9.15. The van der Waals surface area contributed by atoms with Crippen LogP contribution in [0.25, 0.3) is 5.65 Å². The quantitative estimate of drug-likeness (QED) is 0.601. The maximum Gasteiger partial charge on any atom is 0.159 e. The van der Waals surface area contributed by atoms with E-state index in [0.29, 0.717) is 5.65 Å². The minimum atomic E-state index is 0.225. The van der Waals surface area contributed by atoms with Crippen LogP contribution in [0.3, 0.4) is 0 Å². The van der Waals surface area contributed by atoms with E-state index in [-0.39, 0.29) is 5.75 Å². The molecule has 0 aliphatic carbocycles. The number of hydrogen-bond donors (Lipinski definition) is 1. The van der Waals surface area contributed by atoms with E-state index in [1.165, 1.54) is 6.33 Å². The average Bonchev–Trinajstić information content (AvgIpc) is 2.34.